The number of nitrogens with zero attached hydrogens (tertiary/aromatic N) is 3. The lowest BCUT2D eigenvalue weighted by atomic mass is 9.95. The van der Waals surface area contributed by atoms with Crippen molar-refractivity contribution in [1.82, 2.24) is 15.0 Å². The fourth-order valence-corrected chi connectivity index (χ4v) is 2.87. The number of rotatable bonds is 6. The third-order valence-electron chi connectivity index (χ3n) is 4.44. The van der Waals surface area contributed by atoms with Crippen LogP contribution in [-0.4, -0.2) is 27.9 Å². The number of carbonyl (C=O) groups is 1. The van der Waals surface area contributed by atoms with Gasteiger partial charge in [0.05, 0.1) is 12.5 Å². The van der Waals surface area contributed by atoms with E-state index in [1.54, 1.807) is 25.3 Å². The highest BCUT2D eigenvalue weighted by Crippen LogP contribution is 2.20. The Morgan fingerprint density at radius 2 is 1.92 bits per heavy atom. The van der Waals surface area contributed by atoms with Crippen LogP contribution in [0.15, 0.2) is 47.3 Å². The molecule has 3 rings (SSSR count). The van der Waals surface area contributed by atoms with Crippen LogP contribution in [0.4, 0.5) is 0 Å². The Morgan fingerprint density at radius 3 is 2.62 bits per heavy atom. The molecule has 134 valence electrons. The first-order chi connectivity index (χ1) is 12.5. The molecule has 1 atom stereocenters. The van der Waals surface area contributed by atoms with Gasteiger partial charge in [-0.25, -0.2) is 4.68 Å². The Balaban J connectivity index is 1.75. The van der Waals surface area contributed by atoms with E-state index in [4.69, 9.17) is 4.74 Å². The second-order valence-corrected chi connectivity index (χ2v) is 6.49. The molecule has 0 unspecified atom stereocenters. The number of ether oxygens (including phenoxy) is 1. The molecule has 0 saturated carbocycles. The van der Waals surface area contributed by atoms with E-state index in [1.165, 1.54) is 5.56 Å². The first kappa shape index (κ1) is 17.8. The monoisotopic (exact) mass is 351 g/mol. The number of hydrogen-bond donors (Lipinski definition) is 0. The van der Waals surface area contributed by atoms with E-state index < -0.39 is 0 Å². The van der Waals surface area contributed by atoms with Gasteiger partial charge < -0.3 is 4.74 Å². The first-order valence-electron chi connectivity index (χ1n) is 8.47. The minimum atomic E-state index is -0.325. The van der Waals surface area contributed by atoms with E-state index in [1.807, 2.05) is 38.1 Å². The average Bonchev–Trinajstić information content (AvgIpc) is 2.64. The quantitative estimate of drug-likeness (QED) is 0.683. The highest BCUT2D eigenvalue weighted by molar-refractivity contribution is 5.80. The molecule has 3 aromatic rings. The number of carbonyl (C=O) groups excluding carboxylic acids is 1. The minimum absolute atomic E-state index is 0.0534. The van der Waals surface area contributed by atoms with Crippen LogP contribution in [0.1, 0.15) is 30.4 Å². The molecule has 0 amide bonds. The molecular weight excluding hydrogens is 330 g/mol. The van der Waals surface area contributed by atoms with Crippen LogP contribution < -0.4 is 10.3 Å². The molecule has 0 fully saturated rings. The van der Waals surface area contributed by atoms with E-state index in [0.29, 0.717) is 23.1 Å². The highest BCUT2D eigenvalue weighted by atomic mass is 16.5. The molecule has 1 aromatic heterocycles. The maximum absolute atomic E-state index is 12.5. The summed E-state index contributed by atoms with van der Waals surface area (Å²) in [4.78, 5) is 24.9. The maximum Gasteiger partial charge on any atom is 0.278 e. The van der Waals surface area contributed by atoms with Crippen LogP contribution in [0.5, 0.6) is 5.75 Å². The van der Waals surface area contributed by atoms with Crippen molar-refractivity contribution < 1.29 is 9.53 Å². The number of Topliss-reactive ketones (excluding diaryl/α,β-unsaturated/α-hetero) is 1. The molecule has 0 bridgehead atoms. The molecule has 0 aliphatic heterocycles. The molecule has 1 heterocycles. The van der Waals surface area contributed by atoms with E-state index in [0.717, 1.165) is 10.2 Å². The minimum Gasteiger partial charge on any atom is -0.497 e. The lowest BCUT2D eigenvalue weighted by Crippen LogP contribution is -2.28. The number of methoxy groups -OCH3 is 1. The molecule has 2 aromatic carbocycles. The van der Waals surface area contributed by atoms with Gasteiger partial charge in [0.15, 0.2) is 5.78 Å². The zero-order valence-electron chi connectivity index (χ0n) is 15.1. The van der Waals surface area contributed by atoms with Crippen LogP contribution in [0.25, 0.3) is 10.9 Å². The Labute approximate surface area is 151 Å². The van der Waals surface area contributed by atoms with Gasteiger partial charge in [0.2, 0.25) is 0 Å². The van der Waals surface area contributed by atoms with Crippen LogP contribution in [-0.2, 0) is 11.3 Å². The van der Waals surface area contributed by atoms with Gasteiger partial charge in [-0.3, -0.25) is 9.59 Å². The molecule has 6 heteroatoms. The zero-order valence-corrected chi connectivity index (χ0v) is 15.1. The predicted molar refractivity (Wildman–Crippen MR) is 99.6 cm³/mol. The molecule has 26 heavy (non-hydrogen) atoms. The summed E-state index contributed by atoms with van der Waals surface area (Å²) in [7, 11) is 1.55. The summed E-state index contributed by atoms with van der Waals surface area (Å²) in [6, 6.07) is 13.1. The summed E-state index contributed by atoms with van der Waals surface area (Å²) < 4.78 is 6.24. The second-order valence-electron chi connectivity index (χ2n) is 6.49. The number of benzene rings is 2. The van der Waals surface area contributed by atoms with Gasteiger partial charge in [-0.15, -0.1) is 5.10 Å². The standard InChI is InChI=1S/C20H21N3O3/c1-13-4-6-15(7-5-13)14(2)10-16(24)12-23-20(25)18-9-8-17(26-3)11-19(18)21-22-23/h4-9,11,14H,10,12H2,1-3H3/t14-/m1/s1. The van der Waals surface area contributed by atoms with Gasteiger partial charge in [0.25, 0.3) is 5.56 Å². The lowest BCUT2D eigenvalue weighted by Gasteiger charge is -2.12. The normalized spacial score (nSPS) is 12.1. The van der Waals surface area contributed by atoms with Crippen molar-refractivity contribution >= 4 is 16.7 Å². The number of aryl methyl sites for hydroxylation is 1. The smallest absolute Gasteiger partial charge is 0.278 e. The second kappa shape index (κ2) is 7.47. The third-order valence-corrected chi connectivity index (χ3v) is 4.44. The number of hydrogen-bond acceptors (Lipinski definition) is 5. The maximum atomic E-state index is 12.5. The van der Waals surface area contributed by atoms with E-state index in [2.05, 4.69) is 10.3 Å². The molecule has 6 nitrogen and oxygen atoms in total. The predicted octanol–water partition coefficient (Wildman–Crippen LogP) is 2.87. The van der Waals surface area contributed by atoms with Crippen molar-refractivity contribution in [3.05, 3.63) is 63.9 Å². The summed E-state index contributed by atoms with van der Waals surface area (Å²) >= 11 is 0. The summed E-state index contributed by atoms with van der Waals surface area (Å²) in [5.74, 6) is 0.630. The number of aromatic nitrogens is 3. The van der Waals surface area contributed by atoms with Gasteiger partial charge in [-0.1, -0.05) is 42.0 Å². The molecular formula is C20H21N3O3. The van der Waals surface area contributed by atoms with Crippen LogP contribution >= 0.6 is 0 Å². The summed E-state index contributed by atoms with van der Waals surface area (Å²) in [5.41, 5.74) is 2.41. The SMILES string of the molecule is COc1ccc2c(=O)n(CC(=O)C[C@@H](C)c3ccc(C)cc3)nnc2c1. The van der Waals surface area contributed by atoms with Gasteiger partial charge >= 0.3 is 0 Å². The van der Waals surface area contributed by atoms with Gasteiger partial charge in [-0.2, -0.15) is 0 Å². The molecule has 0 N–H and O–H groups in total. The Bertz CT molecular complexity index is 993. The van der Waals surface area contributed by atoms with Gasteiger partial charge in [0.1, 0.15) is 17.8 Å². The molecule has 0 aliphatic carbocycles. The molecule has 0 saturated heterocycles. The van der Waals surface area contributed by atoms with Crippen LogP contribution in [0, 0.1) is 6.92 Å². The van der Waals surface area contributed by atoms with Crippen molar-refractivity contribution in [2.24, 2.45) is 0 Å². The van der Waals surface area contributed by atoms with E-state index in [-0.39, 0.29) is 23.8 Å². The zero-order chi connectivity index (χ0) is 18.7. The summed E-state index contributed by atoms with van der Waals surface area (Å²) in [6.45, 7) is 3.95. The topological polar surface area (TPSA) is 74.1 Å². The molecule has 0 aliphatic rings. The van der Waals surface area contributed by atoms with Crippen molar-refractivity contribution in [2.45, 2.75) is 32.7 Å². The largest absolute Gasteiger partial charge is 0.497 e. The fraction of sp³-hybridized carbons (Fsp3) is 0.300. The Morgan fingerprint density at radius 1 is 1.19 bits per heavy atom. The van der Waals surface area contributed by atoms with E-state index in [9.17, 15) is 9.59 Å². The van der Waals surface area contributed by atoms with Crippen molar-refractivity contribution in [2.75, 3.05) is 7.11 Å². The highest BCUT2D eigenvalue weighted by Gasteiger charge is 2.14. The Hall–Kier alpha value is -3.02. The first-order valence-corrected chi connectivity index (χ1v) is 8.47. The Kier molecular flexibility index (Phi) is 5.11. The van der Waals surface area contributed by atoms with E-state index >= 15 is 0 Å². The summed E-state index contributed by atoms with van der Waals surface area (Å²) in [5, 5.41) is 8.34. The molecule has 0 spiro atoms. The van der Waals surface area contributed by atoms with Crippen molar-refractivity contribution in [3.8, 4) is 5.75 Å². The third kappa shape index (κ3) is 3.79. The van der Waals surface area contributed by atoms with Crippen LogP contribution in [0.3, 0.4) is 0 Å². The van der Waals surface area contributed by atoms with Gasteiger partial charge in [0, 0.05) is 12.5 Å². The number of fused-ring (bicyclic) bond motifs is 1. The van der Waals surface area contributed by atoms with Crippen molar-refractivity contribution in [3.63, 3.8) is 0 Å². The molecule has 0 radical (unpaired) electrons. The van der Waals surface area contributed by atoms with Crippen molar-refractivity contribution in [1.29, 1.82) is 0 Å². The van der Waals surface area contributed by atoms with Gasteiger partial charge in [-0.05, 0) is 30.5 Å². The van der Waals surface area contributed by atoms with Crippen LogP contribution in [0.2, 0.25) is 0 Å². The summed E-state index contributed by atoms with van der Waals surface area (Å²) in [6.07, 6.45) is 0.345. The average molecular weight is 351 g/mol. The number of ketones is 1. The lowest BCUT2D eigenvalue weighted by molar-refractivity contribution is -0.120. The fourth-order valence-electron chi connectivity index (χ4n) is 2.87.